The molecule has 1 atom stereocenters. The number of rotatable bonds is 4. The first kappa shape index (κ1) is 13.0. The summed E-state index contributed by atoms with van der Waals surface area (Å²) in [7, 11) is 0. The summed E-state index contributed by atoms with van der Waals surface area (Å²) in [6.45, 7) is 0. The largest absolute Gasteiger partial charge is 0.480 e. The van der Waals surface area contributed by atoms with Gasteiger partial charge in [-0.1, -0.05) is 0 Å². The predicted octanol–water partition coefficient (Wildman–Crippen LogP) is 0.705. The fourth-order valence-corrected chi connectivity index (χ4v) is 1.07. The van der Waals surface area contributed by atoms with Gasteiger partial charge >= 0.3 is 5.97 Å². The molecule has 1 amide bonds. The molecule has 5 nitrogen and oxygen atoms in total. The summed E-state index contributed by atoms with van der Waals surface area (Å²) < 4.78 is 25.3. The van der Waals surface area contributed by atoms with Gasteiger partial charge in [-0.3, -0.25) is 9.59 Å². The van der Waals surface area contributed by atoms with Gasteiger partial charge in [0.25, 0.3) is 0 Å². The molecule has 0 spiro atoms. The normalized spacial score (nSPS) is 11.9. The monoisotopic (exact) mass is 244 g/mol. The summed E-state index contributed by atoms with van der Waals surface area (Å²) in [6, 6.07) is 1.46. The fraction of sp³-hybridized carbons (Fsp3) is 0.200. The Morgan fingerprint density at radius 2 is 2.00 bits per heavy atom. The van der Waals surface area contributed by atoms with Gasteiger partial charge in [0.15, 0.2) is 11.6 Å². The first-order valence-corrected chi connectivity index (χ1v) is 4.63. The van der Waals surface area contributed by atoms with Crippen molar-refractivity contribution in [3.05, 3.63) is 29.8 Å². The molecular formula is C10H10F2N2O3. The van der Waals surface area contributed by atoms with Crippen molar-refractivity contribution in [1.82, 2.24) is 0 Å². The smallest absolute Gasteiger partial charge is 0.321 e. The molecule has 0 fully saturated rings. The first-order chi connectivity index (χ1) is 7.90. The van der Waals surface area contributed by atoms with Gasteiger partial charge in [-0.25, -0.2) is 8.78 Å². The molecule has 0 radical (unpaired) electrons. The lowest BCUT2D eigenvalue weighted by Crippen LogP contribution is -2.34. The van der Waals surface area contributed by atoms with Crippen LogP contribution in [0.1, 0.15) is 6.42 Å². The number of aliphatic carboxylic acids is 1. The molecule has 1 unspecified atom stereocenters. The Morgan fingerprint density at radius 3 is 2.53 bits per heavy atom. The van der Waals surface area contributed by atoms with Crippen molar-refractivity contribution < 1.29 is 23.5 Å². The average Bonchev–Trinajstić information content (AvgIpc) is 2.23. The zero-order valence-corrected chi connectivity index (χ0v) is 8.61. The van der Waals surface area contributed by atoms with Crippen LogP contribution in [0, 0.1) is 11.6 Å². The van der Waals surface area contributed by atoms with Gasteiger partial charge < -0.3 is 16.2 Å². The topological polar surface area (TPSA) is 92.4 Å². The Bertz CT molecular complexity index is 451. The van der Waals surface area contributed by atoms with Gasteiger partial charge in [0.05, 0.1) is 6.42 Å². The maximum atomic E-state index is 12.8. The molecule has 0 aromatic heterocycles. The van der Waals surface area contributed by atoms with Gasteiger partial charge in [-0.15, -0.1) is 0 Å². The van der Waals surface area contributed by atoms with Crippen molar-refractivity contribution in [2.24, 2.45) is 5.73 Å². The maximum absolute atomic E-state index is 12.8. The number of amides is 1. The molecule has 92 valence electrons. The van der Waals surface area contributed by atoms with E-state index in [9.17, 15) is 18.4 Å². The molecule has 0 saturated carbocycles. The third-order valence-electron chi connectivity index (χ3n) is 1.93. The Balaban J connectivity index is 2.62. The zero-order valence-electron chi connectivity index (χ0n) is 8.61. The van der Waals surface area contributed by atoms with Crippen molar-refractivity contribution in [2.45, 2.75) is 12.5 Å². The molecule has 0 heterocycles. The second kappa shape index (κ2) is 5.35. The third-order valence-corrected chi connectivity index (χ3v) is 1.93. The van der Waals surface area contributed by atoms with Crippen molar-refractivity contribution in [3.63, 3.8) is 0 Å². The highest BCUT2D eigenvalue weighted by Gasteiger charge is 2.16. The molecule has 0 saturated heterocycles. The molecule has 1 rings (SSSR count). The Hall–Kier alpha value is -2.02. The number of carboxylic acids is 1. The standard InChI is InChI=1S/C10H10F2N2O3/c11-6-2-1-5(3-7(6)12)14-9(15)4-8(13)10(16)17/h1-3,8H,4,13H2,(H,14,15)(H,16,17). The summed E-state index contributed by atoms with van der Waals surface area (Å²) in [5.74, 6) is -4.15. The third kappa shape index (κ3) is 3.80. The van der Waals surface area contributed by atoms with Crippen molar-refractivity contribution in [3.8, 4) is 0 Å². The van der Waals surface area contributed by atoms with E-state index in [0.717, 1.165) is 18.2 Å². The lowest BCUT2D eigenvalue weighted by Gasteiger charge is -2.07. The van der Waals surface area contributed by atoms with Crippen LogP contribution in [0.4, 0.5) is 14.5 Å². The number of benzene rings is 1. The highest BCUT2D eigenvalue weighted by Crippen LogP contribution is 2.13. The van der Waals surface area contributed by atoms with E-state index in [1.54, 1.807) is 0 Å². The highest BCUT2D eigenvalue weighted by molar-refractivity contribution is 5.93. The van der Waals surface area contributed by atoms with Gasteiger partial charge in [0.1, 0.15) is 6.04 Å². The van der Waals surface area contributed by atoms with E-state index < -0.39 is 36.0 Å². The number of carboxylic acid groups (broad SMARTS) is 1. The number of hydrogen-bond donors (Lipinski definition) is 3. The van der Waals surface area contributed by atoms with Crippen LogP contribution in [0.2, 0.25) is 0 Å². The fourth-order valence-electron chi connectivity index (χ4n) is 1.07. The number of carbonyl (C=O) groups excluding carboxylic acids is 1. The molecule has 17 heavy (non-hydrogen) atoms. The molecule has 7 heteroatoms. The minimum Gasteiger partial charge on any atom is -0.480 e. The Morgan fingerprint density at radius 1 is 1.35 bits per heavy atom. The van der Waals surface area contributed by atoms with Crippen molar-refractivity contribution >= 4 is 17.6 Å². The van der Waals surface area contributed by atoms with E-state index in [1.807, 2.05) is 0 Å². The number of nitrogens with two attached hydrogens (primary N) is 1. The van der Waals surface area contributed by atoms with Crippen LogP contribution in [0.15, 0.2) is 18.2 Å². The van der Waals surface area contributed by atoms with E-state index in [4.69, 9.17) is 10.8 Å². The van der Waals surface area contributed by atoms with E-state index in [1.165, 1.54) is 0 Å². The molecule has 0 aliphatic heterocycles. The zero-order chi connectivity index (χ0) is 13.0. The van der Waals surface area contributed by atoms with Crippen LogP contribution in [-0.2, 0) is 9.59 Å². The van der Waals surface area contributed by atoms with Crippen molar-refractivity contribution in [1.29, 1.82) is 0 Å². The second-order valence-corrected chi connectivity index (χ2v) is 3.33. The average molecular weight is 244 g/mol. The molecule has 1 aromatic carbocycles. The van der Waals surface area contributed by atoms with Crippen LogP contribution >= 0.6 is 0 Å². The van der Waals surface area contributed by atoms with Gasteiger partial charge in [-0.2, -0.15) is 0 Å². The van der Waals surface area contributed by atoms with Crippen LogP contribution in [-0.4, -0.2) is 23.0 Å². The van der Waals surface area contributed by atoms with Gasteiger partial charge in [-0.05, 0) is 12.1 Å². The lowest BCUT2D eigenvalue weighted by molar-refractivity contribution is -0.140. The summed E-state index contributed by atoms with van der Waals surface area (Å²) in [5, 5.41) is 10.7. The number of hydrogen-bond acceptors (Lipinski definition) is 3. The van der Waals surface area contributed by atoms with Gasteiger partial charge in [0, 0.05) is 11.8 Å². The Labute approximate surface area is 95.2 Å². The van der Waals surface area contributed by atoms with E-state index >= 15 is 0 Å². The Kier molecular flexibility index (Phi) is 4.11. The maximum Gasteiger partial charge on any atom is 0.321 e. The summed E-state index contributed by atoms with van der Waals surface area (Å²) in [4.78, 5) is 21.6. The lowest BCUT2D eigenvalue weighted by atomic mass is 10.2. The summed E-state index contributed by atoms with van der Waals surface area (Å²) in [5.41, 5.74) is 5.16. The molecule has 0 aliphatic rings. The predicted molar refractivity (Wildman–Crippen MR) is 55.2 cm³/mol. The number of halogens is 2. The molecule has 0 aliphatic carbocycles. The van der Waals surface area contributed by atoms with E-state index in [2.05, 4.69) is 5.32 Å². The number of nitrogens with one attached hydrogen (secondary N) is 1. The van der Waals surface area contributed by atoms with Crippen LogP contribution in [0.3, 0.4) is 0 Å². The second-order valence-electron chi connectivity index (χ2n) is 3.33. The highest BCUT2D eigenvalue weighted by atomic mass is 19.2. The number of carbonyl (C=O) groups is 2. The molecular weight excluding hydrogens is 234 g/mol. The van der Waals surface area contributed by atoms with Crippen LogP contribution in [0.25, 0.3) is 0 Å². The van der Waals surface area contributed by atoms with Crippen LogP contribution < -0.4 is 11.1 Å². The summed E-state index contributed by atoms with van der Waals surface area (Å²) >= 11 is 0. The SMILES string of the molecule is NC(CC(=O)Nc1ccc(F)c(F)c1)C(=O)O. The van der Waals surface area contributed by atoms with Crippen LogP contribution in [0.5, 0.6) is 0 Å². The van der Waals surface area contributed by atoms with E-state index in [0.29, 0.717) is 0 Å². The number of anilines is 1. The minimum absolute atomic E-state index is 0.0338. The van der Waals surface area contributed by atoms with E-state index in [-0.39, 0.29) is 5.69 Å². The summed E-state index contributed by atoms with van der Waals surface area (Å²) in [6.07, 6.45) is -0.450. The first-order valence-electron chi connectivity index (χ1n) is 4.63. The van der Waals surface area contributed by atoms with Crippen molar-refractivity contribution in [2.75, 3.05) is 5.32 Å². The van der Waals surface area contributed by atoms with Gasteiger partial charge in [0.2, 0.25) is 5.91 Å². The minimum atomic E-state index is -1.33. The quantitative estimate of drug-likeness (QED) is 0.727. The molecule has 1 aromatic rings. The molecule has 0 bridgehead atoms. The molecule has 4 N–H and O–H groups in total.